The molecule has 3 saturated heterocycles. The van der Waals surface area contributed by atoms with Crippen molar-refractivity contribution < 1.29 is 4.74 Å². The Morgan fingerprint density at radius 1 is 1.24 bits per heavy atom. The van der Waals surface area contributed by atoms with Crippen LogP contribution in [0.1, 0.15) is 31.7 Å². The zero-order chi connectivity index (χ0) is 19.2. The lowest BCUT2D eigenvalue weighted by atomic mass is 9.87. The summed E-state index contributed by atoms with van der Waals surface area (Å²) in [6.45, 7) is 11.7. The molecule has 0 bridgehead atoms. The molecule has 162 valence electrons. The molecular formula is C23H37IN4O. The minimum absolute atomic E-state index is 0. The predicted molar refractivity (Wildman–Crippen MR) is 130 cm³/mol. The minimum atomic E-state index is 0. The summed E-state index contributed by atoms with van der Waals surface area (Å²) in [5.74, 6) is 1.81. The van der Waals surface area contributed by atoms with Gasteiger partial charge in [0.25, 0.3) is 0 Å². The van der Waals surface area contributed by atoms with E-state index in [2.05, 4.69) is 52.4 Å². The number of hydrogen-bond donors (Lipinski definition) is 1. The highest BCUT2D eigenvalue weighted by atomic mass is 127. The lowest BCUT2D eigenvalue weighted by Gasteiger charge is -2.25. The van der Waals surface area contributed by atoms with Gasteiger partial charge in [0.15, 0.2) is 5.96 Å². The highest BCUT2D eigenvalue weighted by Gasteiger charge is 2.42. The molecule has 0 aliphatic carbocycles. The van der Waals surface area contributed by atoms with Crippen LogP contribution < -0.4 is 5.32 Å². The molecule has 2 atom stereocenters. The van der Waals surface area contributed by atoms with E-state index in [4.69, 9.17) is 9.73 Å². The van der Waals surface area contributed by atoms with Gasteiger partial charge in [0.1, 0.15) is 0 Å². The van der Waals surface area contributed by atoms with E-state index in [1.165, 1.54) is 44.5 Å². The van der Waals surface area contributed by atoms with Gasteiger partial charge in [-0.1, -0.05) is 30.3 Å². The summed E-state index contributed by atoms with van der Waals surface area (Å²) in [6.07, 6.45) is 4.88. The van der Waals surface area contributed by atoms with Gasteiger partial charge in [0, 0.05) is 51.3 Å². The monoisotopic (exact) mass is 512 g/mol. The van der Waals surface area contributed by atoms with Gasteiger partial charge >= 0.3 is 0 Å². The topological polar surface area (TPSA) is 40.1 Å². The van der Waals surface area contributed by atoms with Gasteiger partial charge in [-0.05, 0) is 50.6 Å². The Hall–Kier alpha value is -0.860. The Morgan fingerprint density at radius 2 is 2.10 bits per heavy atom. The number of halogens is 1. The van der Waals surface area contributed by atoms with Crippen molar-refractivity contribution in [2.24, 2.45) is 16.3 Å². The van der Waals surface area contributed by atoms with Crippen molar-refractivity contribution in [2.45, 2.75) is 32.6 Å². The zero-order valence-electron chi connectivity index (χ0n) is 17.8. The molecule has 5 nitrogen and oxygen atoms in total. The van der Waals surface area contributed by atoms with Gasteiger partial charge in [-0.15, -0.1) is 24.0 Å². The first-order valence-electron chi connectivity index (χ1n) is 11.1. The number of nitrogens with one attached hydrogen (secondary N) is 1. The van der Waals surface area contributed by atoms with E-state index in [0.29, 0.717) is 11.3 Å². The van der Waals surface area contributed by atoms with E-state index < -0.39 is 0 Å². The maximum absolute atomic E-state index is 5.69. The Labute approximate surface area is 193 Å². The fourth-order valence-corrected chi connectivity index (χ4v) is 4.93. The number of guanidine groups is 1. The maximum Gasteiger partial charge on any atom is 0.193 e. The molecule has 1 spiro atoms. The van der Waals surface area contributed by atoms with Crippen LogP contribution >= 0.6 is 24.0 Å². The second-order valence-electron chi connectivity index (χ2n) is 8.86. The predicted octanol–water partition coefficient (Wildman–Crippen LogP) is 3.25. The summed E-state index contributed by atoms with van der Waals surface area (Å²) in [5.41, 5.74) is 1.83. The molecule has 6 heteroatoms. The molecule has 0 amide bonds. The molecule has 0 aromatic heterocycles. The Kier molecular flexibility index (Phi) is 8.62. The van der Waals surface area contributed by atoms with Crippen LogP contribution in [-0.4, -0.2) is 74.8 Å². The van der Waals surface area contributed by atoms with Crippen molar-refractivity contribution in [3.05, 3.63) is 35.9 Å². The molecule has 3 aliphatic heterocycles. The normalized spacial score (nSPS) is 27.6. The highest BCUT2D eigenvalue weighted by Crippen LogP contribution is 2.38. The number of aliphatic imine (C=N–C) groups is 1. The third-order valence-electron chi connectivity index (χ3n) is 6.69. The second-order valence-corrected chi connectivity index (χ2v) is 8.86. The van der Waals surface area contributed by atoms with Gasteiger partial charge in [-0.25, -0.2) is 0 Å². The van der Waals surface area contributed by atoms with Gasteiger partial charge in [0.2, 0.25) is 0 Å². The number of benzene rings is 1. The molecule has 0 radical (unpaired) electrons. The Balaban J connectivity index is 0.00000240. The lowest BCUT2D eigenvalue weighted by molar-refractivity contribution is 0.156. The highest BCUT2D eigenvalue weighted by molar-refractivity contribution is 14.0. The smallest absolute Gasteiger partial charge is 0.193 e. The van der Waals surface area contributed by atoms with Crippen LogP contribution in [0.5, 0.6) is 0 Å². The third kappa shape index (κ3) is 6.07. The van der Waals surface area contributed by atoms with Crippen LogP contribution in [0.15, 0.2) is 35.3 Å². The van der Waals surface area contributed by atoms with E-state index >= 15 is 0 Å². The van der Waals surface area contributed by atoms with E-state index in [9.17, 15) is 0 Å². The van der Waals surface area contributed by atoms with Gasteiger partial charge in [-0.3, -0.25) is 4.99 Å². The Morgan fingerprint density at radius 3 is 2.86 bits per heavy atom. The summed E-state index contributed by atoms with van der Waals surface area (Å²) >= 11 is 0. The van der Waals surface area contributed by atoms with Gasteiger partial charge in [-0.2, -0.15) is 0 Å². The summed E-state index contributed by atoms with van der Waals surface area (Å²) < 4.78 is 5.69. The number of nitrogens with zero attached hydrogens (tertiary/aromatic N) is 3. The van der Waals surface area contributed by atoms with Crippen LogP contribution in [0.3, 0.4) is 0 Å². The average molecular weight is 512 g/mol. The molecule has 1 aromatic carbocycles. The lowest BCUT2D eigenvalue weighted by Crippen LogP contribution is -2.41. The maximum atomic E-state index is 5.69. The second kappa shape index (κ2) is 11.0. The molecule has 3 fully saturated rings. The van der Waals surface area contributed by atoms with Crippen molar-refractivity contribution in [1.29, 1.82) is 0 Å². The first-order chi connectivity index (χ1) is 13.8. The largest absolute Gasteiger partial charge is 0.381 e. The van der Waals surface area contributed by atoms with E-state index in [-0.39, 0.29) is 24.0 Å². The molecule has 4 rings (SSSR count). The Bertz CT molecular complexity index is 648. The van der Waals surface area contributed by atoms with Crippen LogP contribution in [-0.2, 0) is 11.2 Å². The van der Waals surface area contributed by atoms with Crippen LogP contribution in [0.2, 0.25) is 0 Å². The third-order valence-corrected chi connectivity index (χ3v) is 6.69. The summed E-state index contributed by atoms with van der Waals surface area (Å²) in [6, 6.07) is 10.8. The van der Waals surface area contributed by atoms with Crippen LogP contribution in [0, 0.1) is 11.3 Å². The fourth-order valence-electron chi connectivity index (χ4n) is 4.93. The molecule has 29 heavy (non-hydrogen) atoms. The number of likely N-dealkylation sites (tertiary alicyclic amines) is 2. The van der Waals surface area contributed by atoms with Crippen molar-refractivity contribution in [1.82, 2.24) is 15.1 Å². The van der Waals surface area contributed by atoms with E-state index in [0.717, 1.165) is 51.8 Å². The molecular weight excluding hydrogens is 475 g/mol. The summed E-state index contributed by atoms with van der Waals surface area (Å²) in [4.78, 5) is 10.1. The number of hydrogen-bond acceptors (Lipinski definition) is 3. The van der Waals surface area contributed by atoms with Crippen LogP contribution in [0.4, 0.5) is 0 Å². The van der Waals surface area contributed by atoms with Crippen LogP contribution in [0.25, 0.3) is 0 Å². The summed E-state index contributed by atoms with van der Waals surface area (Å²) in [7, 11) is 0. The molecule has 3 heterocycles. The molecule has 0 saturated carbocycles. The standard InChI is InChI=1S/C23H36N4O.HI/c1-2-24-22(27-14-10-23(18-27)11-15-28-19-23)25-16-21-9-13-26(17-21)12-8-20-6-4-3-5-7-20;/h3-7,21H,2,8-19H2,1H3,(H,24,25);1H. The fraction of sp³-hybridized carbons (Fsp3) is 0.696. The molecule has 1 aromatic rings. The minimum Gasteiger partial charge on any atom is -0.381 e. The average Bonchev–Trinajstić information content (AvgIpc) is 3.47. The van der Waals surface area contributed by atoms with Crippen molar-refractivity contribution in [3.8, 4) is 0 Å². The van der Waals surface area contributed by atoms with Crippen molar-refractivity contribution in [3.63, 3.8) is 0 Å². The van der Waals surface area contributed by atoms with Crippen molar-refractivity contribution >= 4 is 29.9 Å². The molecule has 3 aliphatic rings. The SMILES string of the molecule is CCNC(=NCC1CCN(CCc2ccccc2)C1)N1CCC2(CCOC2)C1.I. The zero-order valence-corrected chi connectivity index (χ0v) is 20.1. The first-order valence-corrected chi connectivity index (χ1v) is 11.1. The van der Waals surface area contributed by atoms with E-state index in [1.54, 1.807) is 0 Å². The molecule has 2 unspecified atom stereocenters. The molecule has 1 N–H and O–H groups in total. The number of rotatable bonds is 6. The van der Waals surface area contributed by atoms with Gasteiger partial charge < -0.3 is 19.9 Å². The first kappa shape index (κ1) is 22.8. The van der Waals surface area contributed by atoms with E-state index in [1.807, 2.05) is 0 Å². The quantitative estimate of drug-likeness (QED) is 0.361. The number of ether oxygens (including phenoxy) is 1. The van der Waals surface area contributed by atoms with Gasteiger partial charge in [0.05, 0.1) is 6.61 Å². The summed E-state index contributed by atoms with van der Waals surface area (Å²) in [5, 5.41) is 3.53. The van der Waals surface area contributed by atoms with Crippen molar-refractivity contribution in [2.75, 3.05) is 59.0 Å².